The molecule has 0 saturated carbocycles. The Hall–Kier alpha value is -1.59. The van der Waals surface area contributed by atoms with Gasteiger partial charge in [-0.2, -0.15) is 0 Å². The van der Waals surface area contributed by atoms with E-state index in [2.05, 4.69) is 13.8 Å². The van der Waals surface area contributed by atoms with Crippen molar-refractivity contribution < 1.29 is 14.6 Å². The van der Waals surface area contributed by atoms with Crippen LogP contribution < -0.4 is 5.84 Å². The second kappa shape index (κ2) is 4.46. The number of carbonyl (C=O) groups is 1. The van der Waals surface area contributed by atoms with E-state index in [4.69, 9.17) is 10.6 Å². The second-order valence-electron chi connectivity index (χ2n) is 6.42. The molecule has 110 valence electrons. The Morgan fingerprint density at radius 2 is 1.85 bits per heavy atom. The van der Waals surface area contributed by atoms with Gasteiger partial charge in [0.05, 0.1) is 0 Å². The van der Waals surface area contributed by atoms with Gasteiger partial charge in [-0.05, 0) is 24.8 Å². The standard InChI is InChI=1S/C15H22N2O3/c1-13(2,11-8-6-5-7-9-11)10-14(3)15(4,19)17(16)12(18)20-14/h5-9,19H,10,16H2,1-4H3/t14-,15-/m1/s1. The van der Waals surface area contributed by atoms with Crippen LogP contribution in [0.5, 0.6) is 0 Å². The van der Waals surface area contributed by atoms with E-state index in [0.717, 1.165) is 10.6 Å². The maximum atomic E-state index is 11.6. The van der Waals surface area contributed by atoms with Gasteiger partial charge in [-0.25, -0.2) is 15.6 Å². The highest BCUT2D eigenvalue weighted by Gasteiger charge is 2.60. The summed E-state index contributed by atoms with van der Waals surface area (Å²) in [4.78, 5) is 11.6. The second-order valence-corrected chi connectivity index (χ2v) is 6.42. The van der Waals surface area contributed by atoms with Gasteiger partial charge in [0.2, 0.25) is 0 Å². The minimum atomic E-state index is -1.55. The van der Waals surface area contributed by atoms with E-state index < -0.39 is 17.4 Å². The van der Waals surface area contributed by atoms with Gasteiger partial charge in [-0.1, -0.05) is 44.2 Å². The average Bonchev–Trinajstić information content (AvgIpc) is 2.50. The van der Waals surface area contributed by atoms with Crippen molar-refractivity contribution in [1.82, 2.24) is 5.01 Å². The Bertz CT molecular complexity index is 513. The van der Waals surface area contributed by atoms with Crippen molar-refractivity contribution in [2.75, 3.05) is 0 Å². The Labute approximate surface area is 119 Å². The van der Waals surface area contributed by atoms with E-state index in [9.17, 15) is 9.90 Å². The molecule has 3 N–H and O–H groups in total. The molecule has 5 heteroatoms. The molecule has 2 atom stereocenters. The zero-order valence-corrected chi connectivity index (χ0v) is 12.4. The third kappa shape index (κ3) is 2.17. The Kier molecular flexibility index (Phi) is 3.31. The lowest BCUT2D eigenvalue weighted by atomic mass is 9.73. The minimum Gasteiger partial charge on any atom is -0.437 e. The first-order chi connectivity index (χ1) is 9.10. The van der Waals surface area contributed by atoms with Crippen molar-refractivity contribution in [3.8, 4) is 0 Å². The normalized spacial score (nSPS) is 30.5. The van der Waals surface area contributed by atoms with E-state index in [-0.39, 0.29) is 5.41 Å². The zero-order chi connectivity index (χ0) is 15.2. The Morgan fingerprint density at radius 1 is 1.30 bits per heavy atom. The zero-order valence-electron chi connectivity index (χ0n) is 12.4. The molecule has 1 aromatic rings. The number of carbonyl (C=O) groups excluding carboxylic acids is 1. The van der Waals surface area contributed by atoms with Crippen LogP contribution in [0.3, 0.4) is 0 Å². The summed E-state index contributed by atoms with van der Waals surface area (Å²) in [5.41, 5.74) is -1.77. The van der Waals surface area contributed by atoms with Crippen LogP contribution in [0.4, 0.5) is 4.79 Å². The molecular weight excluding hydrogens is 256 g/mol. The van der Waals surface area contributed by atoms with Crippen LogP contribution in [-0.4, -0.2) is 27.5 Å². The van der Waals surface area contributed by atoms with Crippen molar-refractivity contribution in [3.63, 3.8) is 0 Å². The summed E-state index contributed by atoms with van der Waals surface area (Å²) < 4.78 is 5.35. The van der Waals surface area contributed by atoms with E-state index in [0.29, 0.717) is 6.42 Å². The summed E-state index contributed by atoms with van der Waals surface area (Å²) in [7, 11) is 0. The fourth-order valence-electron chi connectivity index (χ4n) is 2.81. The first-order valence-electron chi connectivity index (χ1n) is 6.66. The maximum Gasteiger partial charge on any atom is 0.427 e. The number of hydrazine groups is 1. The van der Waals surface area contributed by atoms with Crippen LogP contribution >= 0.6 is 0 Å². The molecule has 1 aromatic carbocycles. The van der Waals surface area contributed by atoms with Crippen LogP contribution in [-0.2, 0) is 10.2 Å². The average molecular weight is 278 g/mol. The number of hydrogen-bond acceptors (Lipinski definition) is 4. The van der Waals surface area contributed by atoms with E-state index in [1.54, 1.807) is 6.92 Å². The molecule has 0 unspecified atom stereocenters. The van der Waals surface area contributed by atoms with Gasteiger partial charge < -0.3 is 9.84 Å². The summed E-state index contributed by atoms with van der Waals surface area (Å²) in [5.74, 6) is 5.60. The number of ether oxygens (including phenoxy) is 1. The summed E-state index contributed by atoms with van der Waals surface area (Å²) in [6.07, 6.45) is -0.252. The van der Waals surface area contributed by atoms with Crippen molar-refractivity contribution in [2.24, 2.45) is 5.84 Å². The number of nitrogens with zero attached hydrogens (tertiary/aromatic N) is 1. The third-order valence-electron chi connectivity index (χ3n) is 4.31. The van der Waals surface area contributed by atoms with E-state index >= 15 is 0 Å². The van der Waals surface area contributed by atoms with Gasteiger partial charge in [0.1, 0.15) is 0 Å². The number of nitrogens with two attached hydrogens (primary N) is 1. The van der Waals surface area contributed by atoms with Crippen LogP contribution in [0, 0.1) is 0 Å². The number of benzene rings is 1. The lowest BCUT2D eigenvalue weighted by Crippen LogP contribution is -2.59. The fraction of sp³-hybridized carbons (Fsp3) is 0.533. The molecule has 0 bridgehead atoms. The van der Waals surface area contributed by atoms with Crippen molar-refractivity contribution in [2.45, 2.75) is 50.9 Å². The van der Waals surface area contributed by atoms with Crippen LogP contribution in [0.2, 0.25) is 0 Å². The molecule has 5 nitrogen and oxygen atoms in total. The highest BCUT2D eigenvalue weighted by atomic mass is 16.6. The monoisotopic (exact) mass is 278 g/mol. The molecule has 1 aliphatic rings. The summed E-state index contributed by atoms with van der Waals surface area (Å²) in [6, 6.07) is 9.93. The molecule has 1 saturated heterocycles. The van der Waals surface area contributed by atoms with Gasteiger partial charge >= 0.3 is 6.09 Å². The summed E-state index contributed by atoms with van der Waals surface area (Å²) in [5, 5.41) is 11.3. The molecule has 1 heterocycles. The number of hydrogen-bond donors (Lipinski definition) is 2. The maximum absolute atomic E-state index is 11.6. The van der Waals surface area contributed by atoms with Crippen LogP contribution in [0.15, 0.2) is 30.3 Å². The summed E-state index contributed by atoms with van der Waals surface area (Å²) in [6.45, 7) is 7.31. The molecule has 2 rings (SSSR count). The van der Waals surface area contributed by atoms with Crippen LogP contribution in [0.25, 0.3) is 0 Å². The molecule has 1 aliphatic heterocycles. The highest BCUT2D eigenvalue weighted by molar-refractivity contribution is 5.71. The van der Waals surface area contributed by atoms with Gasteiger partial charge in [-0.15, -0.1) is 0 Å². The first-order valence-corrected chi connectivity index (χ1v) is 6.66. The van der Waals surface area contributed by atoms with Crippen LogP contribution in [0.1, 0.15) is 39.7 Å². The number of cyclic esters (lactones) is 1. The molecule has 0 spiro atoms. The third-order valence-corrected chi connectivity index (χ3v) is 4.31. The first kappa shape index (κ1) is 14.8. The SMILES string of the molecule is CC(C)(C[C@@]1(C)OC(=O)N(N)[C@]1(C)O)c1ccccc1. The Balaban J connectivity index is 2.31. The van der Waals surface area contributed by atoms with Crippen molar-refractivity contribution in [1.29, 1.82) is 0 Å². The molecule has 20 heavy (non-hydrogen) atoms. The molecule has 0 aromatic heterocycles. The van der Waals surface area contributed by atoms with Crippen molar-refractivity contribution in [3.05, 3.63) is 35.9 Å². The lowest BCUT2D eigenvalue weighted by molar-refractivity contribution is -0.146. The van der Waals surface area contributed by atoms with E-state index in [1.807, 2.05) is 30.3 Å². The molecular formula is C15H22N2O3. The summed E-state index contributed by atoms with van der Waals surface area (Å²) >= 11 is 0. The smallest absolute Gasteiger partial charge is 0.427 e. The predicted octanol–water partition coefficient (Wildman–Crippen LogP) is 2.15. The van der Waals surface area contributed by atoms with Gasteiger partial charge in [-0.3, -0.25) is 0 Å². The predicted molar refractivity (Wildman–Crippen MR) is 75.6 cm³/mol. The number of aliphatic hydroxyl groups is 1. The molecule has 1 fully saturated rings. The number of rotatable bonds is 3. The lowest BCUT2D eigenvalue weighted by Gasteiger charge is -2.40. The molecule has 0 aliphatic carbocycles. The fourth-order valence-corrected chi connectivity index (χ4v) is 2.81. The van der Waals surface area contributed by atoms with Crippen molar-refractivity contribution >= 4 is 6.09 Å². The quantitative estimate of drug-likeness (QED) is 0.656. The molecule has 1 amide bonds. The van der Waals surface area contributed by atoms with Gasteiger partial charge in [0.25, 0.3) is 0 Å². The van der Waals surface area contributed by atoms with E-state index in [1.165, 1.54) is 6.92 Å². The van der Waals surface area contributed by atoms with Gasteiger partial charge in [0, 0.05) is 6.42 Å². The van der Waals surface area contributed by atoms with Gasteiger partial charge in [0.15, 0.2) is 11.3 Å². The largest absolute Gasteiger partial charge is 0.437 e. The number of amides is 1. The minimum absolute atomic E-state index is 0.272. The Morgan fingerprint density at radius 3 is 2.30 bits per heavy atom. The topological polar surface area (TPSA) is 75.8 Å². The molecule has 0 radical (unpaired) electrons. The highest BCUT2D eigenvalue weighted by Crippen LogP contribution is 2.44.